The molecule has 3 unspecified atom stereocenters. The number of fused-ring (bicyclic) bond motifs is 1. The average Bonchev–Trinajstić information content (AvgIpc) is 2.77. The molecule has 1 aromatic rings. The molecule has 196 valence electrons. The van der Waals surface area contributed by atoms with Crippen molar-refractivity contribution in [1.29, 1.82) is 0 Å². The normalized spacial score (nSPS) is 17.4. The highest BCUT2D eigenvalue weighted by Gasteiger charge is 2.34. The van der Waals surface area contributed by atoms with Crippen LogP contribution in [0.5, 0.6) is 0 Å². The number of unbranched alkanes of at least 4 members (excludes halogenated alkanes) is 3. The van der Waals surface area contributed by atoms with Crippen LogP contribution < -0.4 is 0 Å². The van der Waals surface area contributed by atoms with E-state index in [-0.39, 0.29) is 35.7 Å². The van der Waals surface area contributed by atoms with Crippen LogP contribution in [0.15, 0.2) is 6.07 Å². The molecular formula is C32H50O3. The van der Waals surface area contributed by atoms with Gasteiger partial charge >= 0.3 is 0 Å². The van der Waals surface area contributed by atoms with Crippen molar-refractivity contribution in [2.75, 3.05) is 0 Å². The third-order valence-electron chi connectivity index (χ3n) is 8.15. The Morgan fingerprint density at radius 2 is 1.74 bits per heavy atom. The van der Waals surface area contributed by atoms with E-state index in [1.165, 1.54) is 54.9 Å². The molecule has 3 nitrogen and oxygen atoms in total. The quantitative estimate of drug-likeness (QED) is 0.186. The number of hydrogen-bond donors (Lipinski definition) is 0. The SMILES string of the molecule is CCCCCCc1cc(C(C)C)c2c(c1C)C(=O)CC(CC(CCC)C(CC)C(=O)CC(C)=O)C2. The highest BCUT2D eigenvalue weighted by molar-refractivity contribution is 6.01. The second-order valence-electron chi connectivity index (χ2n) is 11.4. The summed E-state index contributed by atoms with van der Waals surface area (Å²) in [6.45, 7) is 14.6. The van der Waals surface area contributed by atoms with Gasteiger partial charge in [-0.15, -0.1) is 0 Å². The van der Waals surface area contributed by atoms with Gasteiger partial charge in [-0.05, 0) is 86.0 Å². The molecule has 0 N–H and O–H groups in total. The summed E-state index contributed by atoms with van der Waals surface area (Å²) in [4.78, 5) is 38.1. The summed E-state index contributed by atoms with van der Waals surface area (Å²) in [7, 11) is 0. The number of Topliss-reactive ketones (excluding diaryl/α,β-unsaturated/α-hetero) is 3. The molecule has 0 bridgehead atoms. The molecule has 2 rings (SSSR count). The number of carbonyl (C=O) groups excluding carboxylic acids is 3. The Morgan fingerprint density at radius 1 is 1.03 bits per heavy atom. The van der Waals surface area contributed by atoms with Crippen LogP contribution in [0, 0.1) is 24.7 Å². The molecule has 0 saturated carbocycles. The maximum absolute atomic E-state index is 13.6. The van der Waals surface area contributed by atoms with Crippen LogP contribution in [0.3, 0.4) is 0 Å². The fourth-order valence-corrected chi connectivity index (χ4v) is 6.40. The Bertz CT molecular complexity index is 879. The van der Waals surface area contributed by atoms with Crippen LogP contribution in [0.25, 0.3) is 0 Å². The molecule has 1 aliphatic rings. The fraction of sp³-hybridized carbons (Fsp3) is 0.719. The Hall–Kier alpha value is -1.77. The molecule has 35 heavy (non-hydrogen) atoms. The third kappa shape index (κ3) is 7.86. The van der Waals surface area contributed by atoms with Crippen LogP contribution >= 0.6 is 0 Å². The van der Waals surface area contributed by atoms with E-state index in [0.29, 0.717) is 18.1 Å². The number of carbonyl (C=O) groups is 3. The molecule has 0 fully saturated rings. The second kappa shape index (κ2) is 14.1. The summed E-state index contributed by atoms with van der Waals surface area (Å²) < 4.78 is 0. The molecule has 0 amide bonds. The molecule has 0 radical (unpaired) electrons. The van der Waals surface area contributed by atoms with Gasteiger partial charge in [-0.3, -0.25) is 14.4 Å². The van der Waals surface area contributed by atoms with Crippen molar-refractivity contribution in [1.82, 2.24) is 0 Å². The van der Waals surface area contributed by atoms with Crippen molar-refractivity contribution in [3.8, 4) is 0 Å². The van der Waals surface area contributed by atoms with Gasteiger partial charge in [0.05, 0.1) is 6.42 Å². The third-order valence-corrected chi connectivity index (χ3v) is 8.15. The van der Waals surface area contributed by atoms with Crippen LogP contribution in [0.4, 0.5) is 0 Å². The molecule has 1 aliphatic carbocycles. The molecule has 0 saturated heterocycles. The second-order valence-corrected chi connectivity index (χ2v) is 11.4. The van der Waals surface area contributed by atoms with E-state index in [0.717, 1.165) is 44.1 Å². The molecule has 0 aromatic heterocycles. The summed E-state index contributed by atoms with van der Waals surface area (Å²) in [5, 5.41) is 0. The Labute approximate surface area is 214 Å². The van der Waals surface area contributed by atoms with Crippen molar-refractivity contribution in [2.45, 2.75) is 131 Å². The number of benzene rings is 1. The van der Waals surface area contributed by atoms with Gasteiger partial charge in [-0.2, -0.15) is 0 Å². The maximum Gasteiger partial charge on any atom is 0.163 e. The number of ketones is 3. The average molecular weight is 483 g/mol. The molecule has 3 atom stereocenters. The van der Waals surface area contributed by atoms with Gasteiger partial charge in [-0.1, -0.05) is 72.8 Å². The largest absolute Gasteiger partial charge is 0.300 e. The summed E-state index contributed by atoms with van der Waals surface area (Å²) in [5.41, 5.74) is 6.19. The summed E-state index contributed by atoms with van der Waals surface area (Å²) in [6, 6.07) is 2.40. The van der Waals surface area contributed by atoms with Crippen molar-refractivity contribution >= 4 is 17.3 Å². The summed E-state index contributed by atoms with van der Waals surface area (Å²) in [5.74, 6) is 1.17. The molecule has 0 heterocycles. The first kappa shape index (κ1) is 29.5. The number of hydrogen-bond acceptors (Lipinski definition) is 3. The molecule has 3 heteroatoms. The van der Waals surface area contributed by atoms with Crippen molar-refractivity contribution in [3.05, 3.63) is 33.9 Å². The van der Waals surface area contributed by atoms with E-state index in [1.54, 1.807) is 0 Å². The molecular weight excluding hydrogens is 432 g/mol. The first-order valence-corrected chi connectivity index (χ1v) is 14.3. The van der Waals surface area contributed by atoms with Gasteiger partial charge in [0.25, 0.3) is 0 Å². The van der Waals surface area contributed by atoms with Crippen molar-refractivity contribution < 1.29 is 14.4 Å². The Morgan fingerprint density at radius 3 is 2.31 bits per heavy atom. The summed E-state index contributed by atoms with van der Waals surface area (Å²) >= 11 is 0. The lowest BCUT2D eigenvalue weighted by Gasteiger charge is -2.33. The fourth-order valence-electron chi connectivity index (χ4n) is 6.40. The maximum atomic E-state index is 13.6. The van der Waals surface area contributed by atoms with Gasteiger partial charge < -0.3 is 0 Å². The highest BCUT2D eigenvalue weighted by atomic mass is 16.1. The Balaban J connectivity index is 2.32. The summed E-state index contributed by atoms with van der Waals surface area (Å²) in [6.07, 6.45) is 11.2. The van der Waals surface area contributed by atoms with Crippen molar-refractivity contribution in [3.63, 3.8) is 0 Å². The van der Waals surface area contributed by atoms with Gasteiger partial charge in [0.1, 0.15) is 11.6 Å². The van der Waals surface area contributed by atoms with E-state index in [4.69, 9.17) is 0 Å². The zero-order chi connectivity index (χ0) is 26.1. The lowest BCUT2D eigenvalue weighted by Crippen LogP contribution is -2.30. The minimum Gasteiger partial charge on any atom is -0.300 e. The van der Waals surface area contributed by atoms with Crippen LogP contribution in [0.1, 0.15) is 144 Å². The topological polar surface area (TPSA) is 51.2 Å². The van der Waals surface area contributed by atoms with Crippen molar-refractivity contribution in [2.24, 2.45) is 17.8 Å². The smallest absolute Gasteiger partial charge is 0.163 e. The van der Waals surface area contributed by atoms with E-state index in [1.807, 2.05) is 0 Å². The predicted octanol–water partition coefficient (Wildman–Crippen LogP) is 8.37. The predicted molar refractivity (Wildman–Crippen MR) is 146 cm³/mol. The molecule has 1 aromatic carbocycles. The van der Waals surface area contributed by atoms with E-state index in [9.17, 15) is 14.4 Å². The monoisotopic (exact) mass is 482 g/mol. The molecule has 0 spiro atoms. The first-order chi connectivity index (χ1) is 16.6. The van der Waals surface area contributed by atoms with Crippen LogP contribution in [0.2, 0.25) is 0 Å². The minimum atomic E-state index is -0.0767. The lowest BCUT2D eigenvalue weighted by atomic mass is 9.70. The van der Waals surface area contributed by atoms with Crippen LogP contribution in [-0.4, -0.2) is 17.3 Å². The highest BCUT2D eigenvalue weighted by Crippen LogP contribution is 2.40. The first-order valence-electron chi connectivity index (χ1n) is 14.3. The zero-order valence-corrected chi connectivity index (χ0v) is 23.6. The van der Waals surface area contributed by atoms with E-state index in [2.05, 4.69) is 47.6 Å². The van der Waals surface area contributed by atoms with Gasteiger partial charge in [0, 0.05) is 17.9 Å². The molecule has 0 aliphatic heterocycles. The zero-order valence-electron chi connectivity index (χ0n) is 23.6. The van der Waals surface area contributed by atoms with E-state index < -0.39 is 0 Å². The number of aryl methyl sites for hydroxylation is 1. The van der Waals surface area contributed by atoms with Gasteiger partial charge in [0.15, 0.2) is 5.78 Å². The van der Waals surface area contributed by atoms with Crippen LogP contribution in [-0.2, 0) is 22.4 Å². The van der Waals surface area contributed by atoms with Gasteiger partial charge in [0.2, 0.25) is 0 Å². The Kier molecular flexibility index (Phi) is 11.9. The van der Waals surface area contributed by atoms with E-state index >= 15 is 0 Å². The lowest BCUT2D eigenvalue weighted by molar-refractivity contribution is -0.129. The standard InChI is InChI=1S/C32H50O3/c1-8-11-12-13-15-25-20-28(21(4)5)29-18-24(19-31(35)32(29)23(25)7)17-26(14-9-2)27(10-3)30(34)16-22(6)33/h20-21,24,26-27H,8-19H2,1-7H3. The minimum absolute atomic E-state index is 0.0445. The van der Waals surface area contributed by atoms with Gasteiger partial charge in [-0.25, -0.2) is 0 Å². The number of rotatable bonds is 15.